The zero-order valence-corrected chi connectivity index (χ0v) is 19.9. The Kier molecular flexibility index (Phi) is 13.1. The van der Waals surface area contributed by atoms with Crippen LogP contribution in [0.1, 0.15) is 122 Å². The van der Waals surface area contributed by atoms with Crippen LogP contribution < -0.4 is 5.32 Å². The van der Waals surface area contributed by atoms with Crippen LogP contribution in [0.2, 0.25) is 0 Å². The molecule has 0 heterocycles. The van der Waals surface area contributed by atoms with Crippen molar-refractivity contribution in [3.63, 3.8) is 0 Å². The first-order valence-corrected chi connectivity index (χ1v) is 11.8. The van der Waals surface area contributed by atoms with Crippen molar-refractivity contribution in [3.8, 4) is 0 Å². The molecule has 0 fully saturated rings. The second kappa shape index (κ2) is 16.6. The van der Waals surface area contributed by atoms with E-state index >= 15 is 0 Å². The number of hydrogen-bond donors (Lipinski definition) is 3. The maximum Gasteiger partial charge on any atom is 0.408 e. The van der Waals surface area contributed by atoms with Gasteiger partial charge >= 0.3 is 6.09 Å². The summed E-state index contributed by atoms with van der Waals surface area (Å²) in [5, 5.41) is 23.1. The van der Waals surface area contributed by atoms with Crippen molar-refractivity contribution >= 4 is 6.09 Å². The van der Waals surface area contributed by atoms with Gasteiger partial charge in [-0.2, -0.15) is 0 Å². The van der Waals surface area contributed by atoms with E-state index in [2.05, 4.69) is 18.8 Å². The Bertz CT molecular complexity index is 559. The summed E-state index contributed by atoms with van der Waals surface area (Å²) < 4.78 is 29.1. The van der Waals surface area contributed by atoms with E-state index in [9.17, 15) is 15.0 Å². The third kappa shape index (κ3) is 14.0. The molecule has 2 unspecified atom stereocenters. The minimum atomic E-state index is -3.13. The standard InChI is InChI=1S/C25H49NO4/c1-6-8-9-10-11-12-13-14-15-16-17-18-19-20-22(28)25(7-2,21-27)26-23(29)30-24(3,4)5/h7,22,27-28H,2,6,8-21H2,1,3-5H3,(H,26,29)/i21T2,22T. The Labute approximate surface area is 189 Å². The van der Waals surface area contributed by atoms with Crippen molar-refractivity contribution < 1.29 is 23.9 Å². The first-order chi connectivity index (χ1) is 15.2. The van der Waals surface area contributed by atoms with E-state index in [0.717, 1.165) is 31.8 Å². The zero-order chi connectivity index (χ0) is 25.6. The summed E-state index contributed by atoms with van der Waals surface area (Å²) >= 11 is 0. The zero-order valence-electron chi connectivity index (χ0n) is 22.9. The van der Waals surface area contributed by atoms with Gasteiger partial charge in [-0.15, -0.1) is 6.58 Å². The van der Waals surface area contributed by atoms with Gasteiger partial charge in [-0.1, -0.05) is 96.5 Å². The number of nitrogens with one attached hydrogen (secondary N) is 1. The number of rotatable bonds is 18. The summed E-state index contributed by atoms with van der Waals surface area (Å²) in [4.78, 5) is 12.3. The maximum absolute atomic E-state index is 12.3. The fraction of sp³-hybridized carbons (Fsp3) is 0.880. The Morgan fingerprint density at radius 1 is 1.03 bits per heavy atom. The summed E-state index contributed by atoms with van der Waals surface area (Å²) in [5.74, 6) is 0. The van der Waals surface area contributed by atoms with Crippen LogP contribution >= 0.6 is 0 Å². The smallest absolute Gasteiger partial charge is 0.408 e. The number of carbonyl (C=O) groups is 1. The quantitative estimate of drug-likeness (QED) is 0.176. The first kappa shape index (κ1) is 23.6. The molecular formula is C25H49NO4. The molecular weight excluding hydrogens is 378 g/mol. The van der Waals surface area contributed by atoms with Gasteiger partial charge < -0.3 is 20.3 Å². The molecule has 0 aromatic carbocycles. The largest absolute Gasteiger partial charge is 0.444 e. The topological polar surface area (TPSA) is 78.8 Å². The third-order valence-corrected chi connectivity index (χ3v) is 5.15. The molecule has 30 heavy (non-hydrogen) atoms. The number of carbonyl (C=O) groups excluding carboxylic acids is 1. The SMILES string of the molecule is [3H]C([3H])(O)C(C=C)(NC(=O)OC(C)(C)C)C([3H])(O)CCCCCCCCCCCCCCC. The average Bonchev–Trinajstić information content (AvgIpc) is 2.67. The van der Waals surface area contributed by atoms with Gasteiger partial charge in [0, 0.05) is 0 Å². The molecule has 0 aromatic heterocycles. The third-order valence-electron chi connectivity index (χ3n) is 5.15. The second-order valence-corrected chi connectivity index (χ2v) is 9.19. The highest BCUT2D eigenvalue weighted by Crippen LogP contribution is 2.20. The predicted octanol–water partition coefficient (Wildman–Crippen LogP) is 6.27. The molecule has 5 nitrogen and oxygen atoms in total. The molecule has 0 saturated heterocycles. The normalized spacial score (nSPS) is 17.7. The summed E-state index contributed by atoms with van der Waals surface area (Å²) in [7, 11) is 0. The Morgan fingerprint density at radius 2 is 1.47 bits per heavy atom. The van der Waals surface area contributed by atoms with Crippen LogP contribution in [0.5, 0.6) is 0 Å². The fourth-order valence-electron chi connectivity index (χ4n) is 3.35. The number of amides is 1. The average molecular weight is 434 g/mol. The van der Waals surface area contributed by atoms with E-state index in [4.69, 9.17) is 8.85 Å². The molecule has 0 aliphatic carbocycles. The molecule has 0 rings (SSSR count). The van der Waals surface area contributed by atoms with Crippen LogP contribution in [0.25, 0.3) is 0 Å². The molecule has 0 aromatic rings. The lowest BCUT2D eigenvalue weighted by Crippen LogP contribution is -2.58. The predicted molar refractivity (Wildman–Crippen MR) is 126 cm³/mol. The molecule has 178 valence electrons. The highest BCUT2D eigenvalue weighted by Gasteiger charge is 2.37. The highest BCUT2D eigenvalue weighted by atomic mass is 16.6. The number of ether oxygens (including phenoxy) is 1. The molecule has 0 radical (unpaired) electrons. The highest BCUT2D eigenvalue weighted by molar-refractivity contribution is 5.69. The van der Waals surface area contributed by atoms with Crippen LogP contribution in [0.3, 0.4) is 0 Å². The Morgan fingerprint density at radius 3 is 1.83 bits per heavy atom. The van der Waals surface area contributed by atoms with E-state index in [1.165, 1.54) is 51.4 Å². The number of alkyl carbamates (subject to hydrolysis) is 1. The second-order valence-electron chi connectivity index (χ2n) is 9.19. The van der Waals surface area contributed by atoms with Gasteiger partial charge in [0.1, 0.15) is 11.1 Å². The lowest BCUT2D eigenvalue weighted by molar-refractivity contribution is 0.0136. The molecule has 0 bridgehead atoms. The monoisotopic (exact) mass is 433 g/mol. The number of aliphatic hydroxyl groups is 2. The summed E-state index contributed by atoms with van der Waals surface area (Å²) in [6.45, 7) is 7.49. The number of unbranched alkanes of at least 4 members (excludes halogenated alkanes) is 12. The molecule has 1 amide bonds. The van der Waals surface area contributed by atoms with Crippen molar-refractivity contribution in [1.29, 1.82) is 0 Å². The maximum atomic E-state index is 12.3. The van der Waals surface area contributed by atoms with Gasteiger partial charge in [0.05, 0.1) is 16.8 Å². The first-order valence-electron chi connectivity index (χ1n) is 13.3. The molecule has 3 N–H and O–H groups in total. The number of hydrogen-bond acceptors (Lipinski definition) is 4. The Balaban J connectivity index is 4.51. The molecule has 2 atom stereocenters. The van der Waals surface area contributed by atoms with Gasteiger partial charge in [0.2, 0.25) is 0 Å². The van der Waals surface area contributed by atoms with Crippen molar-refractivity contribution in [1.82, 2.24) is 5.32 Å². The fourth-order valence-corrected chi connectivity index (χ4v) is 3.35. The van der Waals surface area contributed by atoms with E-state index in [1.807, 2.05) is 0 Å². The van der Waals surface area contributed by atoms with Crippen LogP contribution in [-0.2, 0) is 4.74 Å². The van der Waals surface area contributed by atoms with Crippen LogP contribution in [0.15, 0.2) is 12.7 Å². The van der Waals surface area contributed by atoms with Crippen LogP contribution in [0, 0.1) is 0 Å². The van der Waals surface area contributed by atoms with Crippen LogP contribution in [0.4, 0.5) is 4.79 Å². The molecule has 5 heteroatoms. The summed E-state index contributed by atoms with van der Waals surface area (Å²) in [6, 6.07) is 0. The van der Waals surface area contributed by atoms with Crippen molar-refractivity contribution in [3.05, 3.63) is 12.7 Å². The lowest BCUT2D eigenvalue weighted by Gasteiger charge is -2.35. The van der Waals surface area contributed by atoms with E-state index in [1.54, 1.807) is 20.8 Å². The Hall–Kier alpha value is -1.07. The molecule has 0 spiro atoms. The molecule has 0 aliphatic heterocycles. The summed E-state index contributed by atoms with van der Waals surface area (Å²) in [5.41, 5.74) is -3.31. The van der Waals surface area contributed by atoms with Crippen molar-refractivity contribution in [2.75, 3.05) is 6.56 Å². The van der Waals surface area contributed by atoms with Gasteiger partial charge in [0.25, 0.3) is 0 Å². The van der Waals surface area contributed by atoms with E-state index in [0.29, 0.717) is 6.42 Å². The van der Waals surface area contributed by atoms with Gasteiger partial charge in [-0.05, 0) is 27.2 Å². The van der Waals surface area contributed by atoms with Crippen molar-refractivity contribution in [2.24, 2.45) is 0 Å². The minimum Gasteiger partial charge on any atom is -0.444 e. The van der Waals surface area contributed by atoms with Gasteiger partial charge in [0.15, 0.2) is 0 Å². The minimum absolute atomic E-state index is 0.132. The molecule has 0 aliphatic rings. The lowest BCUT2D eigenvalue weighted by atomic mass is 9.89. The van der Waals surface area contributed by atoms with Gasteiger partial charge in [-0.25, -0.2) is 4.79 Å². The van der Waals surface area contributed by atoms with Crippen LogP contribution in [-0.4, -0.2) is 40.1 Å². The summed E-state index contributed by atoms with van der Waals surface area (Å²) in [6.07, 6.45) is 12.0. The van der Waals surface area contributed by atoms with E-state index in [-0.39, 0.29) is 6.42 Å². The van der Waals surface area contributed by atoms with E-state index < -0.39 is 29.9 Å². The van der Waals surface area contributed by atoms with Crippen molar-refractivity contribution in [2.45, 2.75) is 135 Å². The van der Waals surface area contributed by atoms with Gasteiger partial charge in [-0.3, -0.25) is 0 Å². The molecule has 0 saturated carbocycles.